The van der Waals surface area contributed by atoms with Crippen molar-refractivity contribution >= 4 is 27.9 Å². The van der Waals surface area contributed by atoms with Crippen LogP contribution in [0.3, 0.4) is 0 Å². The van der Waals surface area contributed by atoms with Crippen LogP contribution in [0, 0.1) is 0 Å². The van der Waals surface area contributed by atoms with E-state index in [1.165, 1.54) is 4.88 Å². The van der Waals surface area contributed by atoms with Crippen molar-refractivity contribution in [3.63, 3.8) is 0 Å². The molecule has 0 saturated heterocycles. The van der Waals surface area contributed by atoms with Crippen molar-refractivity contribution in [3.8, 4) is 5.75 Å². The molecule has 3 nitrogen and oxygen atoms in total. The molecule has 0 fully saturated rings. The van der Waals surface area contributed by atoms with Crippen LogP contribution in [0.2, 0.25) is 0 Å². The van der Waals surface area contributed by atoms with Gasteiger partial charge in [-0.05, 0) is 48.0 Å². The molecule has 0 amide bonds. The first-order valence-electron chi connectivity index (χ1n) is 6.50. The maximum atomic E-state index is 5.26. The van der Waals surface area contributed by atoms with Gasteiger partial charge in [-0.15, -0.1) is 11.3 Å². The SMILES string of the molecule is COc1ccc2c(NC(C)c3cccs3)nccc2c1. The summed E-state index contributed by atoms with van der Waals surface area (Å²) in [4.78, 5) is 5.77. The predicted molar refractivity (Wildman–Crippen MR) is 84.7 cm³/mol. The first kappa shape index (κ1) is 12.9. The average Bonchev–Trinajstić information content (AvgIpc) is 3.01. The number of benzene rings is 1. The van der Waals surface area contributed by atoms with Gasteiger partial charge in [0.15, 0.2) is 0 Å². The summed E-state index contributed by atoms with van der Waals surface area (Å²) in [7, 11) is 1.68. The summed E-state index contributed by atoms with van der Waals surface area (Å²) in [5.74, 6) is 1.77. The lowest BCUT2D eigenvalue weighted by atomic mass is 10.1. The Bertz CT molecular complexity index is 710. The Morgan fingerprint density at radius 2 is 2.15 bits per heavy atom. The quantitative estimate of drug-likeness (QED) is 0.767. The van der Waals surface area contributed by atoms with Gasteiger partial charge in [-0.3, -0.25) is 0 Å². The highest BCUT2D eigenvalue weighted by molar-refractivity contribution is 7.10. The molecular formula is C16H16N2OS. The summed E-state index contributed by atoms with van der Waals surface area (Å²) in [5, 5.41) is 7.81. The molecule has 0 bridgehead atoms. The maximum Gasteiger partial charge on any atom is 0.134 e. The van der Waals surface area contributed by atoms with Crippen LogP contribution in [-0.4, -0.2) is 12.1 Å². The van der Waals surface area contributed by atoms with Crippen LogP contribution in [0.5, 0.6) is 5.75 Å². The fraction of sp³-hybridized carbons (Fsp3) is 0.188. The topological polar surface area (TPSA) is 34.1 Å². The molecule has 3 rings (SSSR count). The standard InChI is InChI=1S/C16H16N2OS/c1-11(15-4-3-9-20-15)18-16-14-6-5-13(19-2)10-12(14)7-8-17-16/h3-11H,1-2H3,(H,17,18). The third kappa shape index (κ3) is 2.47. The van der Waals surface area contributed by atoms with Crippen molar-refractivity contribution in [2.75, 3.05) is 12.4 Å². The number of anilines is 1. The number of methoxy groups -OCH3 is 1. The molecule has 0 aliphatic heterocycles. The van der Waals surface area contributed by atoms with Crippen LogP contribution in [0.1, 0.15) is 17.8 Å². The molecule has 0 radical (unpaired) electrons. The van der Waals surface area contributed by atoms with Gasteiger partial charge in [0.1, 0.15) is 11.6 Å². The molecule has 20 heavy (non-hydrogen) atoms. The van der Waals surface area contributed by atoms with Crippen molar-refractivity contribution in [2.45, 2.75) is 13.0 Å². The molecule has 3 aromatic rings. The Morgan fingerprint density at radius 1 is 1.25 bits per heavy atom. The lowest BCUT2D eigenvalue weighted by molar-refractivity contribution is 0.415. The molecular weight excluding hydrogens is 268 g/mol. The van der Waals surface area contributed by atoms with E-state index in [4.69, 9.17) is 4.74 Å². The van der Waals surface area contributed by atoms with E-state index in [-0.39, 0.29) is 6.04 Å². The van der Waals surface area contributed by atoms with E-state index in [0.717, 1.165) is 22.3 Å². The van der Waals surface area contributed by atoms with Gasteiger partial charge in [0.05, 0.1) is 13.2 Å². The van der Waals surface area contributed by atoms with E-state index in [0.29, 0.717) is 0 Å². The van der Waals surface area contributed by atoms with Gasteiger partial charge in [-0.1, -0.05) is 6.07 Å². The molecule has 102 valence electrons. The van der Waals surface area contributed by atoms with E-state index in [2.05, 4.69) is 34.7 Å². The lowest BCUT2D eigenvalue weighted by Crippen LogP contribution is -2.06. The Balaban J connectivity index is 1.95. The number of hydrogen-bond acceptors (Lipinski definition) is 4. The number of hydrogen-bond donors (Lipinski definition) is 1. The molecule has 1 N–H and O–H groups in total. The van der Waals surface area contributed by atoms with Crippen LogP contribution in [0.25, 0.3) is 10.8 Å². The summed E-state index contributed by atoms with van der Waals surface area (Å²) in [6, 6.07) is 12.5. The van der Waals surface area contributed by atoms with Gasteiger partial charge >= 0.3 is 0 Å². The predicted octanol–water partition coefficient (Wildman–Crippen LogP) is 4.48. The molecule has 1 unspecified atom stereocenters. The summed E-state index contributed by atoms with van der Waals surface area (Å²) < 4.78 is 5.26. The molecule has 2 aromatic heterocycles. The Labute approximate surface area is 122 Å². The first-order valence-corrected chi connectivity index (χ1v) is 7.38. The van der Waals surface area contributed by atoms with Crippen molar-refractivity contribution in [3.05, 3.63) is 52.9 Å². The Morgan fingerprint density at radius 3 is 2.90 bits per heavy atom. The molecule has 1 aromatic carbocycles. The van der Waals surface area contributed by atoms with Crippen LogP contribution in [0.15, 0.2) is 48.0 Å². The smallest absolute Gasteiger partial charge is 0.134 e. The van der Waals surface area contributed by atoms with Crippen LogP contribution in [-0.2, 0) is 0 Å². The Kier molecular flexibility index (Phi) is 3.56. The third-order valence-corrected chi connectivity index (χ3v) is 4.35. The maximum absolute atomic E-state index is 5.26. The number of nitrogens with zero attached hydrogens (tertiary/aromatic N) is 1. The van der Waals surface area contributed by atoms with Gasteiger partial charge in [0, 0.05) is 16.5 Å². The van der Waals surface area contributed by atoms with Gasteiger partial charge in [0.25, 0.3) is 0 Å². The number of thiophene rings is 1. The van der Waals surface area contributed by atoms with Crippen molar-refractivity contribution in [1.29, 1.82) is 0 Å². The van der Waals surface area contributed by atoms with Gasteiger partial charge < -0.3 is 10.1 Å². The van der Waals surface area contributed by atoms with Gasteiger partial charge in [-0.25, -0.2) is 4.98 Å². The average molecular weight is 284 g/mol. The van der Waals surface area contributed by atoms with Crippen molar-refractivity contribution in [1.82, 2.24) is 4.98 Å². The summed E-state index contributed by atoms with van der Waals surface area (Å²) in [6.07, 6.45) is 1.82. The number of rotatable bonds is 4. The highest BCUT2D eigenvalue weighted by Crippen LogP contribution is 2.28. The van der Waals surface area contributed by atoms with Crippen molar-refractivity contribution in [2.24, 2.45) is 0 Å². The molecule has 0 aliphatic rings. The molecule has 1 atom stereocenters. The lowest BCUT2D eigenvalue weighted by Gasteiger charge is -2.15. The monoisotopic (exact) mass is 284 g/mol. The molecule has 2 heterocycles. The highest BCUT2D eigenvalue weighted by atomic mass is 32.1. The number of ether oxygens (including phenoxy) is 1. The number of fused-ring (bicyclic) bond motifs is 1. The second-order valence-electron chi connectivity index (χ2n) is 4.63. The van der Waals surface area contributed by atoms with Gasteiger partial charge in [0.2, 0.25) is 0 Å². The Hall–Kier alpha value is -2.07. The van der Waals surface area contributed by atoms with Crippen LogP contribution >= 0.6 is 11.3 Å². The minimum atomic E-state index is 0.246. The van der Waals surface area contributed by atoms with Gasteiger partial charge in [-0.2, -0.15) is 0 Å². The first-order chi connectivity index (χ1) is 9.78. The van der Waals surface area contributed by atoms with E-state index in [9.17, 15) is 0 Å². The second-order valence-corrected chi connectivity index (χ2v) is 5.61. The summed E-state index contributed by atoms with van der Waals surface area (Å²) >= 11 is 1.75. The highest BCUT2D eigenvalue weighted by Gasteiger charge is 2.09. The second kappa shape index (κ2) is 5.51. The zero-order valence-electron chi connectivity index (χ0n) is 11.5. The number of nitrogens with one attached hydrogen (secondary N) is 1. The molecule has 0 saturated carbocycles. The minimum Gasteiger partial charge on any atom is -0.497 e. The van der Waals surface area contributed by atoms with E-state index in [1.807, 2.05) is 30.5 Å². The third-order valence-electron chi connectivity index (χ3n) is 3.29. The molecule has 4 heteroatoms. The molecule has 0 aliphatic carbocycles. The molecule has 0 spiro atoms. The van der Waals surface area contributed by atoms with Crippen molar-refractivity contribution < 1.29 is 4.74 Å². The zero-order chi connectivity index (χ0) is 13.9. The van der Waals surface area contributed by atoms with E-state index < -0.39 is 0 Å². The normalized spacial score (nSPS) is 12.3. The minimum absolute atomic E-state index is 0.246. The van der Waals surface area contributed by atoms with Crippen LogP contribution < -0.4 is 10.1 Å². The van der Waals surface area contributed by atoms with E-state index >= 15 is 0 Å². The van der Waals surface area contributed by atoms with E-state index in [1.54, 1.807) is 18.4 Å². The number of aromatic nitrogens is 1. The number of pyridine rings is 1. The van der Waals surface area contributed by atoms with Crippen LogP contribution in [0.4, 0.5) is 5.82 Å². The fourth-order valence-corrected chi connectivity index (χ4v) is 2.95. The fourth-order valence-electron chi connectivity index (χ4n) is 2.21. The largest absolute Gasteiger partial charge is 0.497 e. The zero-order valence-corrected chi connectivity index (χ0v) is 12.3. The summed E-state index contributed by atoms with van der Waals surface area (Å²) in [6.45, 7) is 2.15. The summed E-state index contributed by atoms with van der Waals surface area (Å²) in [5.41, 5.74) is 0.